The third-order valence-electron chi connectivity index (χ3n) is 3.74. The quantitative estimate of drug-likeness (QED) is 0.768. The van der Waals surface area contributed by atoms with Crippen LogP contribution in [0.4, 0.5) is 5.69 Å². The molecule has 0 aromatic heterocycles. The number of rotatable bonds is 2. The minimum atomic E-state index is 0.679. The van der Waals surface area contributed by atoms with Gasteiger partial charge in [0.05, 0.1) is 0 Å². The van der Waals surface area contributed by atoms with Crippen LogP contribution in [0.25, 0.3) is 0 Å². The Balaban J connectivity index is 1.91. The first kappa shape index (κ1) is 10.5. The van der Waals surface area contributed by atoms with Crippen molar-refractivity contribution >= 4 is 5.69 Å². The van der Waals surface area contributed by atoms with Crippen LogP contribution in [0.5, 0.6) is 0 Å². The maximum Gasteiger partial charge on any atom is 0.0342 e. The van der Waals surface area contributed by atoms with Crippen molar-refractivity contribution in [2.75, 3.05) is 5.32 Å². The van der Waals surface area contributed by atoms with E-state index in [-0.39, 0.29) is 0 Å². The Labute approximate surface area is 92.9 Å². The standard InChI is InChI=1S/C14H21N/c1-11-8-9-14(10-12(11)2)15-13-6-4-3-5-7-13/h3-7,11-12,14-15H,8-10H2,1-2H3. The van der Waals surface area contributed by atoms with Gasteiger partial charge in [0.15, 0.2) is 0 Å². The first-order valence-electron chi connectivity index (χ1n) is 6.07. The molecule has 3 atom stereocenters. The average Bonchev–Trinajstić information content (AvgIpc) is 2.25. The molecule has 1 nitrogen and oxygen atoms in total. The van der Waals surface area contributed by atoms with E-state index in [0.29, 0.717) is 6.04 Å². The zero-order chi connectivity index (χ0) is 10.7. The zero-order valence-corrected chi connectivity index (χ0v) is 9.74. The first-order chi connectivity index (χ1) is 7.25. The summed E-state index contributed by atoms with van der Waals surface area (Å²) in [6, 6.07) is 11.2. The molecule has 0 spiro atoms. The molecule has 0 bridgehead atoms. The van der Waals surface area contributed by atoms with Gasteiger partial charge in [0.1, 0.15) is 0 Å². The fraction of sp³-hybridized carbons (Fsp3) is 0.571. The molecule has 0 radical (unpaired) electrons. The SMILES string of the molecule is CC1CCC(Nc2ccccc2)CC1C. The van der Waals surface area contributed by atoms with E-state index in [1.807, 2.05) is 0 Å². The molecule has 0 saturated heterocycles. The van der Waals surface area contributed by atoms with Crippen molar-refractivity contribution in [3.8, 4) is 0 Å². The first-order valence-corrected chi connectivity index (χ1v) is 6.07. The lowest BCUT2D eigenvalue weighted by molar-refractivity contribution is 0.261. The Morgan fingerprint density at radius 3 is 2.40 bits per heavy atom. The van der Waals surface area contributed by atoms with Crippen LogP contribution >= 0.6 is 0 Å². The minimum Gasteiger partial charge on any atom is -0.382 e. The van der Waals surface area contributed by atoms with E-state index in [4.69, 9.17) is 0 Å². The predicted octanol–water partition coefficient (Wildman–Crippen LogP) is 3.92. The van der Waals surface area contributed by atoms with E-state index in [2.05, 4.69) is 49.5 Å². The number of benzene rings is 1. The number of para-hydroxylation sites is 1. The van der Waals surface area contributed by atoms with Gasteiger partial charge >= 0.3 is 0 Å². The van der Waals surface area contributed by atoms with Crippen LogP contribution in [0, 0.1) is 11.8 Å². The van der Waals surface area contributed by atoms with Gasteiger partial charge in [-0.1, -0.05) is 32.0 Å². The summed E-state index contributed by atoms with van der Waals surface area (Å²) in [5.41, 5.74) is 1.27. The second-order valence-corrected chi connectivity index (χ2v) is 4.97. The van der Waals surface area contributed by atoms with Gasteiger partial charge in [0.25, 0.3) is 0 Å². The van der Waals surface area contributed by atoms with Crippen LogP contribution in [0.1, 0.15) is 33.1 Å². The van der Waals surface area contributed by atoms with Crippen LogP contribution in [0.15, 0.2) is 30.3 Å². The van der Waals surface area contributed by atoms with Gasteiger partial charge in [0.2, 0.25) is 0 Å². The third-order valence-corrected chi connectivity index (χ3v) is 3.74. The van der Waals surface area contributed by atoms with Crippen molar-refractivity contribution in [2.24, 2.45) is 11.8 Å². The van der Waals surface area contributed by atoms with Gasteiger partial charge in [0, 0.05) is 11.7 Å². The van der Waals surface area contributed by atoms with Crippen molar-refractivity contribution < 1.29 is 0 Å². The molecule has 1 aliphatic rings. The lowest BCUT2D eigenvalue weighted by Gasteiger charge is -2.33. The lowest BCUT2D eigenvalue weighted by Crippen LogP contribution is -2.30. The smallest absolute Gasteiger partial charge is 0.0342 e. The van der Waals surface area contributed by atoms with E-state index >= 15 is 0 Å². The van der Waals surface area contributed by atoms with Gasteiger partial charge in [-0.25, -0.2) is 0 Å². The second kappa shape index (κ2) is 4.69. The average molecular weight is 203 g/mol. The van der Waals surface area contributed by atoms with Crippen LogP contribution < -0.4 is 5.32 Å². The molecule has 1 heteroatoms. The van der Waals surface area contributed by atoms with Crippen LogP contribution in [-0.2, 0) is 0 Å². The molecule has 1 N–H and O–H groups in total. The van der Waals surface area contributed by atoms with Crippen LogP contribution in [0.3, 0.4) is 0 Å². The van der Waals surface area contributed by atoms with E-state index in [9.17, 15) is 0 Å². The Bertz CT molecular complexity index is 293. The number of anilines is 1. The molecule has 15 heavy (non-hydrogen) atoms. The Kier molecular flexibility index (Phi) is 3.30. The molecule has 3 unspecified atom stereocenters. The molecular formula is C14H21N. The molecule has 1 fully saturated rings. The van der Waals surface area contributed by atoms with E-state index in [1.54, 1.807) is 0 Å². The summed E-state index contributed by atoms with van der Waals surface area (Å²) in [7, 11) is 0. The molecule has 1 aromatic rings. The molecule has 1 saturated carbocycles. The normalized spacial score (nSPS) is 31.2. The van der Waals surface area contributed by atoms with Gasteiger partial charge in [-0.3, -0.25) is 0 Å². The molecule has 0 aliphatic heterocycles. The fourth-order valence-electron chi connectivity index (χ4n) is 2.45. The Hall–Kier alpha value is -0.980. The monoisotopic (exact) mass is 203 g/mol. The predicted molar refractivity (Wildman–Crippen MR) is 66.0 cm³/mol. The summed E-state index contributed by atoms with van der Waals surface area (Å²) in [5.74, 6) is 1.76. The summed E-state index contributed by atoms with van der Waals surface area (Å²) in [6.45, 7) is 4.76. The summed E-state index contributed by atoms with van der Waals surface area (Å²) >= 11 is 0. The summed E-state index contributed by atoms with van der Waals surface area (Å²) in [4.78, 5) is 0. The summed E-state index contributed by atoms with van der Waals surface area (Å²) in [5, 5.41) is 3.63. The highest BCUT2D eigenvalue weighted by molar-refractivity contribution is 5.43. The van der Waals surface area contributed by atoms with Gasteiger partial charge in [-0.15, -0.1) is 0 Å². The fourth-order valence-corrected chi connectivity index (χ4v) is 2.45. The van der Waals surface area contributed by atoms with Gasteiger partial charge < -0.3 is 5.32 Å². The van der Waals surface area contributed by atoms with E-state index in [0.717, 1.165) is 11.8 Å². The highest BCUT2D eigenvalue weighted by Crippen LogP contribution is 2.30. The lowest BCUT2D eigenvalue weighted by atomic mass is 9.79. The zero-order valence-electron chi connectivity index (χ0n) is 9.74. The molecular weight excluding hydrogens is 182 g/mol. The molecule has 2 rings (SSSR count). The molecule has 0 amide bonds. The number of nitrogens with one attached hydrogen (secondary N) is 1. The summed E-state index contributed by atoms with van der Waals surface area (Å²) in [6.07, 6.45) is 4.00. The van der Waals surface area contributed by atoms with E-state index in [1.165, 1.54) is 24.9 Å². The maximum atomic E-state index is 3.63. The van der Waals surface area contributed by atoms with Crippen molar-refractivity contribution in [1.29, 1.82) is 0 Å². The number of hydrogen-bond donors (Lipinski definition) is 1. The molecule has 1 aromatic carbocycles. The van der Waals surface area contributed by atoms with Gasteiger partial charge in [-0.2, -0.15) is 0 Å². The van der Waals surface area contributed by atoms with Crippen LogP contribution in [0.2, 0.25) is 0 Å². The highest BCUT2D eigenvalue weighted by atomic mass is 14.9. The minimum absolute atomic E-state index is 0.679. The Morgan fingerprint density at radius 1 is 1.00 bits per heavy atom. The Morgan fingerprint density at radius 2 is 1.73 bits per heavy atom. The van der Waals surface area contributed by atoms with E-state index < -0.39 is 0 Å². The third kappa shape index (κ3) is 2.74. The van der Waals surface area contributed by atoms with Crippen molar-refractivity contribution in [3.63, 3.8) is 0 Å². The summed E-state index contributed by atoms with van der Waals surface area (Å²) < 4.78 is 0. The molecule has 0 heterocycles. The second-order valence-electron chi connectivity index (χ2n) is 4.97. The molecule has 1 aliphatic carbocycles. The van der Waals surface area contributed by atoms with Crippen molar-refractivity contribution in [1.82, 2.24) is 0 Å². The highest BCUT2D eigenvalue weighted by Gasteiger charge is 2.24. The maximum absolute atomic E-state index is 3.63. The van der Waals surface area contributed by atoms with Crippen molar-refractivity contribution in [2.45, 2.75) is 39.2 Å². The van der Waals surface area contributed by atoms with Crippen LogP contribution in [-0.4, -0.2) is 6.04 Å². The van der Waals surface area contributed by atoms with Crippen molar-refractivity contribution in [3.05, 3.63) is 30.3 Å². The largest absolute Gasteiger partial charge is 0.382 e. The topological polar surface area (TPSA) is 12.0 Å². The molecule has 82 valence electrons. The van der Waals surface area contributed by atoms with Gasteiger partial charge in [-0.05, 0) is 43.2 Å². The number of hydrogen-bond acceptors (Lipinski definition) is 1.